The molecule has 0 radical (unpaired) electrons. The summed E-state index contributed by atoms with van der Waals surface area (Å²) in [5, 5.41) is 9.20. The summed E-state index contributed by atoms with van der Waals surface area (Å²) >= 11 is 0. The van der Waals surface area contributed by atoms with E-state index in [2.05, 4.69) is 42.5 Å². The van der Waals surface area contributed by atoms with Gasteiger partial charge >= 0.3 is 0 Å². The average molecular weight is 313 g/mol. The molecule has 0 saturated heterocycles. The number of hydrogen-bond donors (Lipinski definition) is 2. The third-order valence-corrected chi connectivity index (χ3v) is 4.62. The summed E-state index contributed by atoms with van der Waals surface area (Å²) in [6.07, 6.45) is 16.0. The summed E-state index contributed by atoms with van der Waals surface area (Å²) < 4.78 is 0. The van der Waals surface area contributed by atoms with Gasteiger partial charge in [-0.05, 0) is 69.4 Å². The third kappa shape index (κ3) is 6.72. The number of rotatable bonds is 9. The maximum absolute atomic E-state index is 9.20. The number of nitrogens with two attached hydrogens (primary N) is 1. The molecule has 126 valence electrons. The van der Waals surface area contributed by atoms with Crippen molar-refractivity contribution in [2.75, 3.05) is 6.61 Å². The van der Waals surface area contributed by atoms with Crippen molar-refractivity contribution < 1.29 is 5.11 Å². The van der Waals surface area contributed by atoms with Crippen molar-refractivity contribution in [3.05, 3.63) is 59.2 Å². The Bertz CT molecular complexity index is 525. The van der Waals surface area contributed by atoms with Crippen LogP contribution in [-0.4, -0.2) is 17.3 Å². The first-order valence-electron chi connectivity index (χ1n) is 8.92. The lowest BCUT2D eigenvalue weighted by Crippen LogP contribution is -2.40. The molecule has 0 aromatic heterocycles. The van der Waals surface area contributed by atoms with Gasteiger partial charge in [0.05, 0.1) is 6.61 Å². The lowest BCUT2D eigenvalue weighted by Gasteiger charge is -2.21. The van der Waals surface area contributed by atoms with Gasteiger partial charge in [-0.1, -0.05) is 48.1 Å². The van der Waals surface area contributed by atoms with Crippen LogP contribution in [-0.2, 0) is 12.8 Å². The fourth-order valence-corrected chi connectivity index (χ4v) is 2.89. The summed E-state index contributed by atoms with van der Waals surface area (Å²) in [5.41, 5.74) is 9.74. The minimum Gasteiger partial charge on any atom is -0.394 e. The molecule has 0 amide bonds. The van der Waals surface area contributed by atoms with E-state index in [-0.39, 0.29) is 6.61 Å². The van der Waals surface area contributed by atoms with Crippen LogP contribution in [0.15, 0.2) is 48.1 Å². The van der Waals surface area contributed by atoms with E-state index < -0.39 is 5.54 Å². The molecule has 0 spiro atoms. The van der Waals surface area contributed by atoms with E-state index in [9.17, 15) is 5.11 Å². The second-order valence-corrected chi connectivity index (χ2v) is 7.09. The number of aliphatic hydroxyl groups is 1. The van der Waals surface area contributed by atoms with Gasteiger partial charge in [0.25, 0.3) is 0 Å². The van der Waals surface area contributed by atoms with Crippen molar-refractivity contribution in [2.45, 2.75) is 63.8 Å². The molecule has 23 heavy (non-hydrogen) atoms. The van der Waals surface area contributed by atoms with Crippen molar-refractivity contribution in [3.8, 4) is 0 Å². The molecule has 1 unspecified atom stereocenters. The lowest BCUT2D eigenvalue weighted by atomic mass is 9.94. The first-order chi connectivity index (χ1) is 11.1. The van der Waals surface area contributed by atoms with E-state index in [0.717, 1.165) is 19.3 Å². The Morgan fingerprint density at radius 1 is 1.00 bits per heavy atom. The van der Waals surface area contributed by atoms with Gasteiger partial charge in [-0.25, -0.2) is 0 Å². The Labute approximate surface area is 141 Å². The third-order valence-electron chi connectivity index (χ3n) is 4.62. The summed E-state index contributed by atoms with van der Waals surface area (Å²) in [6, 6.07) is 8.88. The molecular weight excluding hydrogens is 282 g/mol. The minimum atomic E-state index is -0.471. The molecule has 0 aliphatic heterocycles. The summed E-state index contributed by atoms with van der Waals surface area (Å²) in [5.74, 6) is 0. The molecule has 0 saturated carbocycles. The first kappa shape index (κ1) is 18.0. The number of aliphatic hydroxyl groups excluding tert-OH is 1. The highest BCUT2D eigenvalue weighted by Crippen LogP contribution is 2.18. The number of allylic oxidation sites excluding steroid dienone is 4. The number of aryl methyl sites for hydroxylation is 2. The van der Waals surface area contributed by atoms with Crippen LogP contribution >= 0.6 is 0 Å². The van der Waals surface area contributed by atoms with E-state index in [4.69, 9.17) is 5.73 Å². The second-order valence-electron chi connectivity index (χ2n) is 7.09. The maximum atomic E-state index is 9.20. The Kier molecular flexibility index (Phi) is 7.07. The van der Waals surface area contributed by atoms with Crippen molar-refractivity contribution in [3.63, 3.8) is 0 Å². The molecule has 1 aliphatic rings. The Balaban J connectivity index is 1.68. The summed E-state index contributed by atoms with van der Waals surface area (Å²) in [7, 11) is 0. The van der Waals surface area contributed by atoms with Crippen molar-refractivity contribution in [1.82, 2.24) is 0 Å². The van der Waals surface area contributed by atoms with Crippen molar-refractivity contribution >= 4 is 0 Å². The van der Waals surface area contributed by atoms with Crippen LogP contribution in [0.5, 0.6) is 0 Å². The highest BCUT2D eigenvalue weighted by Gasteiger charge is 2.16. The lowest BCUT2D eigenvalue weighted by molar-refractivity contribution is 0.200. The summed E-state index contributed by atoms with van der Waals surface area (Å²) in [4.78, 5) is 0. The van der Waals surface area contributed by atoms with Gasteiger partial charge < -0.3 is 10.8 Å². The Hall–Kier alpha value is -1.38. The van der Waals surface area contributed by atoms with Gasteiger partial charge in [0.2, 0.25) is 0 Å². The van der Waals surface area contributed by atoms with Gasteiger partial charge in [-0.15, -0.1) is 0 Å². The van der Waals surface area contributed by atoms with Crippen molar-refractivity contribution in [1.29, 1.82) is 0 Å². The summed E-state index contributed by atoms with van der Waals surface area (Å²) in [6.45, 7) is 1.94. The van der Waals surface area contributed by atoms with E-state index in [1.807, 2.05) is 6.92 Å². The minimum absolute atomic E-state index is 0.0384. The SMILES string of the molecule is CC(N)(CO)CCc1ccc(CCCCC2=CCCC=C2)cc1. The van der Waals surface area contributed by atoms with Crippen molar-refractivity contribution in [2.24, 2.45) is 5.73 Å². The number of hydrogen-bond acceptors (Lipinski definition) is 2. The van der Waals surface area contributed by atoms with Crippen LogP contribution in [0.4, 0.5) is 0 Å². The van der Waals surface area contributed by atoms with Crippen LogP contribution < -0.4 is 5.73 Å². The molecule has 1 aromatic rings. The number of unbranched alkanes of at least 4 members (excludes halogenated alkanes) is 1. The van der Waals surface area contributed by atoms with Gasteiger partial charge in [-0.3, -0.25) is 0 Å². The first-order valence-corrected chi connectivity index (χ1v) is 8.92. The van der Waals surface area contributed by atoms with Crippen LogP contribution in [0.3, 0.4) is 0 Å². The highest BCUT2D eigenvalue weighted by molar-refractivity contribution is 5.24. The average Bonchev–Trinajstić information content (AvgIpc) is 2.59. The van der Waals surface area contributed by atoms with Gasteiger partial charge in [0, 0.05) is 5.54 Å². The topological polar surface area (TPSA) is 46.2 Å². The van der Waals surface area contributed by atoms with Gasteiger partial charge in [0.15, 0.2) is 0 Å². The monoisotopic (exact) mass is 313 g/mol. The molecule has 0 heterocycles. The van der Waals surface area contributed by atoms with Crippen LogP contribution in [0.2, 0.25) is 0 Å². The molecule has 1 aliphatic carbocycles. The number of benzene rings is 1. The van der Waals surface area contributed by atoms with Gasteiger partial charge in [-0.2, -0.15) is 0 Å². The molecule has 2 nitrogen and oxygen atoms in total. The predicted octanol–water partition coefficient (Wildman–Crippen LogP) is 4.32. The highest BCUT2D eigenvalue weighted by atomic mass is 16.3. The van der Waals surface area contributed by atoms with E-state index in [0.29, 0.717) is 0 Å². The standard InChI is InChI=1S/C21H31NO/c1-21(22,17-23)16-15-20-13-11-19(12-14-20)10-6-5-9-18-7-3-2-4-8-18/h3,7-8,11-14,23H,2,4-6,9-10,15-17,22H2,1H3. The molecule has 0 bridgehead atoms. The van der Waals surface area contributed by atoms with Gasteiger partial charge in [0.1, 0.15) is 0 Å². The molecule has 0 fully saturated rings. The molecule has 1 aromatic carbocycles. The van der Waals surface area contributed by atoms with Crippen LogP contribution in [0.25, 0.3) is 0 Å². The fraction of sp³-hybridized carbons (Fsp3) is 0.524. The van der Waals surface area contributed by atoms with E-state index in [1.165, 1.54) is 48.8 Å². The van der Waals surface area contributed by atoms with Crippen LogP contribution in [0, 0.1) is 0 Å². The Morgan fingerprint density at radius 3 is 2.26 bits per heavy atom. The maximum Gasteiger partial charge on any atom is 0.0608 e. The fourth-order valence-electron chi connectivity index (χ4n) is 2.89. The molecule has 2 heteroatoms. The predicted molar refractivity (Wildman–Crippen MR) is 98.5 cm³/mol. The molecule has 2 rings (SSSR count). The zero-order valence-corrected chi connectivity index (χ0v) is 14.4. The molecule has 3 N–H and O–H groups in total. The normalized spacial score (nSPS) is 16.9. The van der Waals surface area contributed by atoms with E-state index in [1.54, 1.807) is 0 Å². The zero-order chi connectivity index (χ0) is 16.5. The molecule has 1 atom stereocenters. The van der Waals surface area contributed by atoms with Crippen LogP contribution in [0.1, 0.15) is 56.6 Å². The smallest absolute Gasteiger partial charge is 0.0608 e. The largest absolute Gasteiger partial charge is 0.394 e. The second kappa shape index (κ2) is 9.05. The quantitative estimate of drug-likeness (QED) is 0.667. The zero-order valence-electron chi connectivity index (χ0n) is 14.4. The Morgan fingerprint density at radius 2 is 1.65 bits per heavy atom. The van der Waals surface area contributed by atoms with E-state index >= 15 is 0 Å². The molecular formula is C21H31NO.